The second kappa shape index (κ2) is 5.43. The van der Waals surface area contributed by atoms with Crippen LogP contribution in [-0.2, 0) is 6.54 Å². The zero-order valence-electron chi connectivity index (χ0n) is 11.3. The van der Waals surface area contributed by atoms with Crippen molar-refractivity contribution >= 4 is 5.69 Å². The first kappa shape index (κ1) is 12.8. The normalized spacial score (nSPS) is 14.1. The largest absolute Gasteiger partial charge is 0.454 e. The molecular weight excluding hydrogens is 254 g/mol. The van der Waals surface area contributed by atoms with Crippen LogP contribution in [0.1, 0.15) is 24.2 Å². The van der Waals surface area contributed by atoms with Gasteiger partial charge in [0.15, 0.2) is 11.5 Å². The number of ether oxygens (including phenoxy) is 2. The molecule has 3 rings (SSSR count). The van der Waals surface area contributed by atoms with Crippen LogP contribution in [0.15, 0.2) is 42.5 Å². The molecule has 2 aromatic rings. The predicted octanol–water partition coefficient (Wildman–Crippen LogP) is 3.08. The number of para-hydroxylation sites is 1. The summed E-state index contributed by atoms with van der Waals surface area (Å²) in [6, 6.07) is 13.7. The van der Waals surface area contributed by atoms with Crippen LogP contribution in [-0.4, -0.2) is 11.9 Å². The molecule has 0 amide bonds. The van der Waals surface area contributed by atoms with Crippen molar-refractivity contribution in [1.29, 1.82) is 0 Å². The number of rotatable bonds is 4. The second-order valence-electron chi connectivity index (χ2n) is 4.80. The van der Waals surface area contributed by atoms with E-state index in [0.29, 0.717) is 6.54 Å². The lowest BCUT2D eigenvalue weighted by Gasteiger charge is -2.14. The molecule has 0 bridgehead atoms. The Bertz CT molecular complexity index is 610. The fourth-order valence-corrected chi connectivity index (χ4v) is 2.27. The molecule has 1 aliphatic heterocycles. The standard InChI is InChI=1S/C16H17NO3/c1-11(18)13-4-2-3-5-14(13)17-9-12-6-7-15-16(8-12)20-10-19-15/h2-8,11,17-18H,9-10H2,1H3. The molecule has 0 saturated heterocycles. The molecule has 0 fully saturated rings. The van der Waals surface area contributed by atoms with Gasteiger partial charge in [-0.2, -0.15) is 0 Å². The van der Waals surface area contributed by atoms with E-state index in [4.69, 9.17) is 9.47 Å². The molecule has 104 valence electrons. The molecule has 0 spiro atoms. The van der Waals surface area contributed by atoms with E-state index < -0.39 is 6.10 Å². The highest BCUT2D eigenvalue weighted by Crippen LogP contribution is 2.32. The number of hydrogen-bond donors (Lipinski definition) is 2. The Labute approximate surface area is 118 Å². The molecule has 1 heterocycles. The maximum absolute atomic E-state index is 9.75. The lowest BCUT2D eigenvalue weighted by Crippen LogP contribution is -2.04. The van der Waals surface area contributed by atoms with E-state index in [1.807, 2.05) is 42.5 Å². The summed E-state index contributed by atoms with van der Waals surface area (Å²) >= 11 is 0. The van der Waals surface area contributed by atoms with Crippen molar-refractivity contribution in [2.45, 2.75) is 19.6 Å². The number of aliphatic hydroxyl groups is 1. The minimum absolute atomic E-state index is 0.289. The van der Waals surface area contributed by atoms with E-state index in [1.54, 1.807) is 6.92 Å². The Morgan fingerprint density at radius 3 is 2.80 bits per heavy atom. The molecule has 0 aliphatic carbocycles. The van der Waals surface area contributed by atoms with Gasteiger partial charge >= 0.3 is 0 Å². The van der Waals surface area contributed by atoms with Crippen molar-refractivity contribution in [3.05, 3.63) is 53.6 Å². The maximum atomic E-state index is 9.75. The van der Waals surface area contributed by atoms with E-state index >= 15 is 0 Å². The number of benzene rings is 2. The minimum Gasteiger partial charge on any atom is -0.454 e. The summed E-state index contributed by atoms with van der Waals surface area (Å²) in [7, 11) is 0. The Kier molecular flexibility index (Phi) is 3.48. The smallest absolute Gasteiger partial charge is 0.231 e. The number of anilines is 1. The summed E-state index contributed by atoms with van der Waals surface area (Å²) in [5.41, 5.74) is 2.95. The fourth-order valence-electron chi connectivity index (χ4n) is 2.27. The third kappa shape index (κ3) is 2.56. The molecule has 1 atom stereocenters. The van der Waals surface area contributed by atoms with Gasteiger partial charge in [0.1, 0.15) is 0 Å². The first-order valence-corrected chi connectivity index (χ1v) is 6.63. The second-order valence-corrected chi connectivity index (χ2v) is 4.80. The van der Waals surface area contributed by atoms with Crippen LogP contribution in [0.25, 0.3) is 0 Å². The van der Waals surface area contributed by atoms with E-state index in [-0.39, 0.29) is 6.79 Å². The van der Waals surface area contributed by atoms with Gasteiger partial charge in [-0.05, 0) is 30.7 Å². The van der Waals surface area contributed by atoms with Crippen LogP contribution in [0.3, 0.4) is 0 Å². The van der Waals surface area contributed by atoms with Crippen molar-refractivity contribution in [3.63, 3.8) is 0 Å². The van der Waals surface area contributed by atoms with Crippen LogP contribution in [0.2, 0.25) is 0 Å². The molecule has 1 aliphatic rings. The Morgan fingerprint density at radius 1 is 1.15 bits per heavy atom. The lowest BCUT2D eigenvalue weighted by molar-refractivity contribution is 0.174. The van der Waals surface area contributed by atoms with E-state index in [0.717, 1.165) is 28.3 Å². The predicted molar refractivity (Wildman–Crippen MR) is 77.0 cm³/mol. The van der Waals surface area contributed by atoms with E-state index in [1.165, 1.54) is 0 Å². The highest BCUT2D eigenvalue weighted by molar-refractivity contribution is 5.53. The fraction of sp³-hybridized carbons (Fsp3) is 0.250. The SMILES string of the molecule is CC(O)c1ccccc1NCc1ccc2c(c1)OCO2. The summed E-state index contributed by atoms with van der Waals surface area (Å²) in [6.45, 7) is 2.72. The first-order valence-electron chi connectivity index (χ1n) is 6.63. The number of nitrogens with one attached hydrogen (secondary N) is 1. The van der Waals surface area contributed by atoms with Gasteiger partial charge in [0.2, 0.25) is 6.79 Å². The van der Waals surface area contributed by atoms with Crippen molar-refractivity contribution in [2.24, 2.45) is 0 Å². The molecule has 1 unspecified atom stereocenters. The molecule has 0 saturated carbocycles. The highest BCUT2D eigenvalue weighted by Gasteiger charge is 2.13. The van der Waals surface area contributed by atoms with Crippen LogP contribution in [0.5, 0.6) is 11.5 Å². The molecule has 0 aromatic heterocycles. The Balaban J connectivity index is 1.74. The molecule has 2 N–H and O–H groups in total. The quantitative estimate of drug-likeness (QED) is 0.897. The zero-order chi connectivity index (χ0) is 13.9. The topological polar surface area (TPSA) is 50.7 Å². The van der Waals surface area contributed by atoms with Gasteiger partial charge in [-0.25, -0.2) is 0 Å². The molecule has 4 heteroatoms. The van der Waals surface area contributed by atoms with Crippen LogP contribution < -0.4 is 14.8 Å². The number of hydrogen-bond acceptors (Lipinski definition) is 4. The summed E-state index contributed by atoms with van der Waals surface area (Å²) in [5, 5.41) is 13.1. The summed E-state index contributed by atoms with van der Waals surface area (Å²) in [6.07, 6.45) is -0.490. The van der Waals surface area contributed by atoms with Gasteiger partial charge in [0.05, 0.1) is 6.10 Å². The van der Waals surface area contributed by atoms with E-state index in [2.05, 4.69) is 5.32 Å². The molecule has 4 nitrogen and oxygen atoms in total. The third-order valence-electron chi connectivity index (χ3n) is 3.33. The van der Waals surface area contributed by atoms with Gasteiger partial charge < -0.3 is 19.9 Å². The van der Waals surface area contributed by atoms with Gasteiger partial charge in [-0.3, -0.25) is 0 Å². The van der Waals surface area contributed by atoms with E-state index in [9.17, 15) is 5.11 Å². The number of fused-ring (bicyclic) bond motifs is 1. The van der Waals surface area contributed by atoms with Gasteiger partial charge in [-0.1, -0.05) is 24.3 Å². The Hall–Kier alpha value is -2.20. The van der Waals surface area contributed by atoms with Crippen molar-refractivity contribution in [1.82, 2.24) is 0 Å². The van der Waals surface area contributed by atoms with Gasteiger partial charge in [-0.15, -0.1) is 0 Å². The first-order chi connectivity index (χ1) is 9.74. The van der Waals surface area contributed by atoms with Crippen molar-refractivity contribution in [2.75, 3.05) is 12.1 Å². The van der Waals surface area contributed by atoms with Crippen LogP contribution >= 0.6 is 0 Å². The van der Waals surface area contributed by atoms with Gasteiger partial charge in [0.25, 0.3) is 0 Å². The Morgan fingerprint density at radius 2 is 1.95 bits per heavy atom. The summed E-state index contributed by atoms with van der Waals surface area (Å²) in [5.74, 6) is 1.58. The third-order valence-corrected chi connectivity index (χ3v) is 3.33. The number of aliphatic hydroxyl groups excluding tert-OH is 1. The zero-order valence-corrected chi connectivity index (χ0v) is 11.3. The van der Waals surface area contributed by atoms with Crippen LogP contribution in [0.4, 0.5) is 5.69 Å². The minimum atomic E-state index is -0.490. The van der Waals surface area contributed by atoms with Crippen molar-refractivity contribution in [3.8, 4) is 11.5 Å². The molecular formula is C16H17NO3. The molecule has 0 radical (unpaired) electrons. The molecule has 20 heavy (non-hydrogen) atoms. The summed E-state index contributed by atoms with van der Waals surface area (Å²) < 4.78 is 10.7. The van der Waals surface area contributed by atoms with Crippen LogP contribution in [0, 0.1) is 0 Å². The van der Waals surface area contributed by atoms with Gasteiger partial charge in [0, 0.05) is 17.8 Å². The highest BCUT2D eigenvalue weighted by atomic mass is 16.7. The van der Waals surface area contributed by atoms with Crippen molar-refractivity contribution < 1.29 is 14.6 Å². The lowest BCUT2D eigenvalue weighted by atomic mass is 10.1. The summed E-state index contributed by atoms with van der Waals surface area (Å²) in [4.78, 5) is 0. The molecule has 2 aromatic carbocycles. The monoisotopic (exact) mass is 271 g/mol. The maximum Gasteiger partial charge on any atom is 0.231 e. The average Bonchev–Trinajstić information content (AvgIpc) is 2.92. The average molecular weight is 271 g/mol.